The van der Waals surface area contributed by atoms with Gasteiger partial charge in [0.05, 0.1) is 11.3 Å². The fourth-order valence-electron chi connectivity index (χ4n) is 1.55. The molecule has 1 amide bonds. The minimum absolute atomic E-state index is 0.138. The van der Waals surface area contributed by atoms with Gasteiger partial charge in [0.25, 0.3) is 5.91 Å². The van der Waals surface area contributed by atoms with Crippen LogP contribution in [-0.4, -0.2) is 29.4 Å². The Morgan fingerprint density at radius 1 is 1.44 bits per heavy atom. The van der Waals surface area contributed by atoms with Gasteiger partial charge < -0.3 is 10.7 Å². The lowest BCUT2D eigenvalue weighted by molar-refractivity contribution is 0.0953. The van der Waals surface area contributed by atoms with Crippen molar-refractivity contribution in [1.29, 1.82) is 0 Å². The van der Waals surface area contributed by atoms with Crippen LogP contribution in [0.5, 0.6) is 0 Å². The smallest absolute Gasteiger partial charge is 0.255 e. The predicted octanol–water partition coefficient (Wildman–Crippen LogP) is 1.63. The average molecular weight is 268 g/mol. The van der Waals surface area contributed by atoms with Crippen LogP contribution < -0.4 is 16.6 Å². The van der Waals surface area contributed by atoms with Crippen molar-refractivity contribution < 1.29 is 4.79 Å². The summed E-state index contributed by atoms with van der Waals surface area (Å²) >= 11 is 1.85. The van der Waals surface area contributed by atoms with E-state index in [-0.39, 0.29) is 5.91 Å². The molecule has 0 aliphatic heterocycles. The molecule has 1 aromatic rings. The van der Waals surface area contributed by atoms with Gasteiger partial charge in [-0.2, -0.15) is 11.8 Å². The number of nitrogens with one attached hydrogen (secondary N) is 2. The van der Waals surface area contributed by atoms with Crippen LogP contribution in [0.15, 0.2) is 18.5 Å². The fraction of sp³-hybridized carbons (Fsp3) is 0.500. The number of thioether (sulfide) groups is 1. The summed E-state index contributed by atoms with van der Waals surface area (Å²) in [5.74, 6) is 6.38. The van der Waals surface area contributed by atoms with E-state index in [4.69, 9.17) is 5.84 Å². The highest BCUT2D eigenvalue weighted by Crippen LogP contribution is 2.11. The number of rotatable bonds is 8. The second-order valence-electron chi connectivity index (χ2n) is 3.87. The molecule has 18 heavy (non-hydrogen) atoms. The van der Waals surface area contributed by atoms with E-state index in [0.29, 0.717) is 17.8 Å². The number of pyridine rings is 1. The Hall–Kier alpha value is -1.27. The molecule has 0 fully saturated rings. The van der Waals surface area contributed by atoms with E-state index in [9.17, 15) is 4.79 Å². The lowest BCUT2D eigenvalue weighted by Gasteiger charge is -2.08. The number of carbonyl (C=O) groups is 1. The molecule has 0 unspecified atom stereocenters. The van der Waals surface area contributed by atoms with E-state index >= 15 is 0 Å². The molecule has 1 aromatic heterocycles. The zero-order chi connectivity index (χ0) is 13.2. The summed E-state index contributed by atoms with van der Waals surface area (Å²) in [4.78, 5) is 15.8. The van der Waals surface area contributed by atoms with Crippen LogP contribution in [0.1, 0.15) is 29.6 Å². The highest BCUT2D eigenvalue weighted by atomic mass is 32.2. The summed E-state index contributed by atoms with van der Waals surface area (Å²) in [6, 6.07) is 1.67. The number of nitrogen functional groups attached to an aromatic ring is 1. The fourth-order valence-corrected chi connectivity index (χ4v) is 2.04. The molecule has 0 saturated heterocycles. The van der Waals surface area contributed by atoms with Crippen LogP contribution in [0.2, 0.25) is 0 Å². The second-order valence-corrected chi connectivity index (χ2v) is 4.86. The Bertz CT molecular complexity index is 373. The molecular weight excluding hydrogens is 248 g/mol. The van der Waals surface area contributed by atoms with Crippen LogP contribution in [-0.2, 0) is 0 Å². The molecule has 0 bridgehead atoms. The first-order chi connectivity index (χ1) is 8.79. The summed E-state index contributed by atoms with van der Waals surface area (Å²) in [5.41, 5.74) is 3.56. The number of aromatic nitrogens is 1. The molecule has 1 rings (SSSR count). The molecule has 100 valence electrons. The molecule has 0 spiro atoms. The van der Waals surface area contributed by atoms with Gasteiger partial charge in [-0.3, -0.25) is 15.6 Å². The van der Waals surface area contributed by atoms with Crippen LogP contribution in [0.4, 0.5) is 5.69 Å². The van der Waals surface area contributed by atoms with Crippen LogP contribution in [0.25, 0.3) is 0 Å². The van der Waals surface area contributed by atoms with E-state index in [1.165, 1.54) is 18.4 Å². The predicted molar refractivity (Wildman–Crippen MR) is 76.6 cm³/mol. The van der Waals surface area contributed by atoms with Gasteiger partial charge in [0.15, 0.2) is 0 Å². The number of unbranched alkanes of at least 4 members (excludes halogenated alkanes) is 2. The molecule has 0 radical (unpaired) electrons. The third-order valence-electron chi connectivity index (χ3n) is 2.53. The number of anilines is 1. The topological polar surface area (TPSA) is 80.0 Å². The standard InChI is InChI=1S/C12H20N4OS/c1-18-8-4-2-3-6-15-12(17)10-9-14-7-5-11(10)16-13/h5,7,9H,2-4,6,8,13H2,1H3,(H,14,16)(H,15,17). The number of nitrogens with zero attached hydrogens (tertiary/aromatic N) is 1. The van der Waals surface area contributed by atoms with Crippen LogP contribution in [0, 0.1) is 0 Å². The maximum absolute atomic E-state index is 11.9. The molecule has 1 heterocycles. The highest BCUT2D eigenvalue weighted by molar-refractivity contribution is 7.98. The van der Waals surface area contributed by atoms with Gasteiger partial charge in [-0.15, -0.1) is 0 Å². The Kier molecular flexibility index (Phi) is 7.20. The van der Waals surface area contributed by atoms with Crippen molar-refractivity contribution in [3.63, 3.8) is 0 Å². The van der Waals surface area contributed by atoms with Gasteiger partial charge in [-0.05, 0) is 30.9 Å². The largest absolute Gasteiger partial charge is 0.352 e. The summed E-state index contributed by atoms with van der Waals surface area (Å²) in [5, 5.41) is 2.87. The van der Waals surface area contributed by atoms with E-state index in [1.807, 2.05) is 11.8 Å². The molecule has 0 aliphatic rings. The zero-order valence-corrected chi connectivity index (χ0v) is 11.4. The van der Waals surface area contributed by atoms with Crippen molar-refractivity contribution in [3.05, 3.63) is 24.0 Å². The summed E-state index contributed by atoms with van der Waals surface area (Å²) in [6.07, 6.45) is 8.53. The average Bonchev–Trinajstić information content (AvgIpc) is 2.42. The molecule has 6 heteroatoms. The molecule has 4 N–H and O–H groups in total. The molecular formula is C12H20N4OS. The van der Waals surface area contributed by atoms with Crippen molar-refractivity contribution in [2.75, 3.05) is 24.0 Å². The number of amides is 1. The van der Waals surface area contributed by atoms with Gasteiger partial charge in [-0.1, -0.05) is 6.42 Å². The number of hydrazine groups is 1. The lowest BCUT2D eigenvalue weighted by Crippen LogP contribution is -2.26. The molecule has 0 aromatic carbocycles. The Balaban J connectivity index is 2.32. The monoisotopic (exact) mass is 268 g/mol. The van der Waals surface area contributed by atoms with E-state index < -0.39 is 0 Å². The summed E-state index contributed by atoms with van der Waals surface area (Å²) < 4.78 is 0. The molecule has 0 saturated carbocycles. The molecule has 0 atom stereocenters. The number of hydrogen-bond acceptors (Lipinski definition) is 5. The van der Waals surface area contributed by atoms with Gasteiger partial charge in [-0.25, -0.2) is 0 Å². The Morgan fingerprint density at radius 3 is 3.00 bits per heavy atom. The quantitative estimate of drug-likeness (QED) is 0.379. The van der Waals surface area contributed by atoms with Gasteiger partial charge in [0.1, 0.15) is 0 Å². The van der Waals surface area contributed by atoms with Crippen molar-refractivity contribution >= 4 is 23.4 Å². The van der Waals surface area contributed by atoms with Crippen molar-refractivity contribution in [2.45, 2.75) is 19.3 Å². The first-order valence-electron chi connectivity index (χ1n) is 5.97. The van der Waals surface area contributed by atoms with E-state index in [0.717, 1.165) is 12.8 Å². The summed E-state index contributed by atoms with van der Waals surface area (Å²) in [7, 11) is 0. The van der Waals surface area contributed by atoms with Crippen LogP contribution in [0.3, 0.4) is 0 Å². The molecule has 5 nitrogen and oxygen atoms in total. The number of hydrogen-bond donors (Lipinski definition) is 3. The Labute approximate surface area is 112 Å². The lowest BCUT2D eigenvalue weighted by atomic mass is 10.2. The highest BCUT2D eigenvalue weighted by Gasteiger charge is 2.09. The first kappa shape index (κ1) is 14.8. The van der Waals surface area contributed by atoms with Gasteiger partial charge in [0, 0.05) is 18.9 Å². The normalized spacial score (nSPS) is 10.1. The minimum atomic E-state index is -0.138. The maximum Gasteiger partial charge on any atom is 0.255 e. The minimum Gasteiger partial charge on any atom is -0.352 e. The third-order valence-corrected chi connectivity index (χ3v) is 3.23. The first-order valence-corrected chi connectivity index (χ1v) is 7.36. The second kappa shape index (κ2) is 8.77. The zero-order valence-electron chi connectivity index (χ0n) is 10.6. The Morgan fingerprint density at radius 2 is 2.28 bits per heavy atom. The SMILES string of the molecule is CSCCCCCNC(=O)c1cnccc1NN. The maximum atomic E-state index is 11.9. The number of nitrogens with two attached hydrogens (primary N) is 1. The van der Waals surface area contributed by atoms with Crippen molar-refractivity contribution in [1.82, 2.24) is 10.3 Å². The van der Waals surface area contributed by atoms with Gasteiger partial charge in [0.2, 0.25) is 0 Å². The van der Waals surface area contributed by atoms with E-state index in [1.54, 1.807) is 12.3 Å². The van der Waals surface area contributed by atoms with Crippen LogP contribution >= 0.6 is 11.8 Å². The van der Waals surface area contributed by atoms with Gasteiger partial charge >= 0.3 is 0 Å². The van der Waals surface area contributed by atoms with E-state index in [2.05, 4.69) is 22.0 Å². The molecule has 0 aliphatic carbocycles. The number of carbonyl (C=O) groups excluding carboxylic acids is 1. The third kappa shape index (κ3) is 4.93. The van der Waals surface area contributed by atoms with Crippen molar-refractivity contribution in [2.24, 2.45) is 5.84 Å². The van der Waals surface area contributed by atoms with Crippen molar-refractivity contribution in [3.8, 4) is 0 Å². The summed E-state index contributed by atoms with van der Waals surface area (Å²) in [6.45, 7) is 0.687.